The van der Waals surface area contributed by atoms with Crippen molar-refractivity contribution in [3.8, 4) is 5.75 Å². The van der Waals surface area contributed by atoms with E-state index in [0.29, 0.717) is 17.0 Å². The molecule has 1 aliphatic rings. The van der Waals surface area contributed by atoms with Crippen LogP contribution in [0, 0.1) is 0 Å². The molecule has 1 aliphatic heterocycles. The zero-order chi connectivity index (χ0) is 18.0. The molecule has 3 rings (SSSR count). The maximum atomic E-state index is 13.0. The average Bonchev–Trinajstić information content (AvgIpc) is 2.93. The topological polar surface area (TPSA) is 63.7 Å². The lowest BCUT2D eigenvalue weighted by molar-refractivity contribution is -0.117. The van der Waals surface area contributed by atoms with Gasteiger partial charge in [0, 0.05) is 24.8 Å². The molecule has 2 aromatic carbocycles. The van der Waals surface area contributed by atoms with Crippen LogP contribution in [0.1, 0.15) is 35.2 Å². The highest BCUT2D eigenvalue weighted by atomic mass is 16.5. The summed E-state index contributed by atoms with van der Waals surface area (Å²) < 4.78 is 5.16. The first-order valence-electron chi connectivity index (χ1n) is 8.09. The lowest BCUT2D eigenvalue weighted by Crippen LogP contribution is -2.43. The van der Waals surface area contributed by atoms with E-state index in [2.05, 4.69) is 0 Å². The second-order valence-electron chi connectivity index (χ2n) is 6.00. The number of amides is 1. The predicted molar refractivity (Wildman–Crippen MR) is 94.1 cm³/mol. The van der Waals surface area contributed by atoms with Crippen LogP contribution in [0.15, 0.2) is 48.5 Å². The van der Waals surface area contributed by atoms with E-state index in [4.69, 9.17) is 4.74 Å². The lowest BCUT2D eigenvalue weighted by atomic mass is 9.86. The van der Waals surface area contributed by atoms with Crippen molar-refractivity contribution in [2.24, 2.45) is 0 Å². The van der Waals surface area contributed by atoms with E-state index in [1.807, 2.05) is 12.1 Å². The quantitative estimate of drug-likeness (QED) is 0.787. The SMILES string of the molecule is COc1ccc([C@H](CC=O)[C@@H]2C(=O)c3ccccc3N2C(C)=O)cc1. The van der Waals surface area contributed by atoms with Crippen LogP contribution in [0.4, 0.5) is 5.69 Å². The van der Waals surface area contributed by atoms with Gasteiger partial charge in [0.25, 0.3) is 0 Å². The Kier molecular flexibility index (Phi) is 4.65. The second kappa shape index (κ2) is 6.89. The molecule has 0 aliphatic carbocycles. The molecule has 0 unspecified atom stereocenters. The summed E-state index contributed by atoms with van der Waals surface area (Å²) in [5.41, 5.74) is 1.95. The van der Waals surface area contributed by atoms with Crippen LogP contribution in [0.25, 0.3) is 0 Å². The van der Waals surface area contributed by atoms with Crippen molar-refractivity contribution in [2.45, 2.75) is 25.3 Å². The molecule has 0 spiro atoms. The van der Waals surface area contributed by atoms with Gasteiger partial charge in [0.2, 0.25) is 5.91 Å². The molecule has 0 aromatic heterocycles. The van der Waals surface area contributed by atoms with Gasteiger partial charge in [0.15, 0.2) is 5.78 Å². The second-order valence-corrected chi connectivity index (χ2v) is 6.00. The molecule has 2 atom stereocenters. The Labute approximate surface area is 146 Å². The molecule has 5 nitrogen and oxygen atoms in total. The highest BCUT2D eigenvalue weighted by Gasteiger charge is 2.44. The van der Waals surface area contributed by atoms with Gasteiger partial charge in [0.05, 0.1) is 12.8 Å². The minimum atomic E-state index is -0.714. The molecule has 1 amide bonds. The number of carbonyl (C=O) groups is 3. The van der Waals surface area contributed by atoms with Crippen LogP contribution >= 0.6 is 0 Å². The Bertz CT molecular complexity index is 813. The maximum absolute atomic E-state index is 13.0. The summed E-state index contributed by atoms with van der Waals surface area (Å²) in [4.78, 5) is 38.1. The van der Waals surface area contributed by atoms with Gasteiger partial charge >= 0.3 is 0 Å². The largest absolute Gasteiger partial charge is 0.497 e. The van der Waals surface area contributed by atoms with Crippen LogP contribution < -0.4 is 9.64 Å². The molecule has 1 heterocycles. The zero-order valence-electron chi connectivity index (χ0n) is 14.1. The van der Waals surface area contributed by atoms with Gasteiger partial charge in [-0.3, -0.25) is 9.59 Å². The van der Waals surface area contributed by atoms with Crippen LogP contribution in [0.5, 0.6) is 5.75 Å². The number of hydrogen-bond donors (Lipinski definition) is 0. The number of benzene rings is 2. The summed E-state index contributed by atoms with van der Waals surface area (Å²) in [5.74, 6) is -0.0635. The first-order chi connectivity index (χ1) is 12.1. The highest BCUT2D eigenvalue weighted by molar-refractivity contribution is 6.18. The van der Waals surface area contributed by atoms with E-state index in [1.54, 1.807) is 43.5 Å². The van der Waals surface area contributed by atoms with E-state index in [0.717, 1.165) is 11.8 Å². The fourth-order valence-corrected chi connectivity index (χ4v) is 3.45. The summed E-state index contributed by atoms with van der Waals surface area (Å²) in [7, 11) is 1.58. The number of Topliss-reactive ketones (excluding diaryl/α,β-unsaturated/α-hetero) is 1. The Morgan fingerprint density at radius 3 is 2.48 bits per heavy atom. The van der Waals surface area contributed by atoms with E-state index < -0.39 is 12.0 Å². The van der Waals surface area contributed by atoms with E-state index >= 15 is 0 Å². The number of methoxy groups -OCH3 is 1. The molecule has 0 radical (unpaired) electrons. The molecule has 2 aromatic rings. The third-order valence-corrected chi connectivity index (χ3v) is 4.59. The van der Waals surface area contributed by atoms with Gasteiger partial charge < -0.3 is 14.4 Å². The van der Waals surface area contributed by atoms with Gasteiger partial charge in [-0.05, 0) is 29.8 Å². The van der Waals surface area contributed by atoms with Crippen molar-refractivity contribution in [2.75, 3.05) is 12.0 Å². The monoisotopic (exact) mass is 337 g/mol. The number of ketones is 1. The molecule has 5 heteroatoms. The summed E-state index contributed by atoms with van der Waals surface area (Å²) in [6.45, 7) is 1.44. The molecular weight excluding hydrogens is 318 g/mol. The van der Waals surface area contributed by atoms with Crippen LogP contribution in [0.2, 0.25) is 0 Å². The van der Waals surface area contributed by atoms with E-state index in [-0.39, 0.29) is 18.1 Å². The van der Waals surface area contributed by atoms with E-state index in [9.17, 15) is 14.4 Å². The molecule has 25 heavy (non-hydrogen) atoms. The number of hydrogen-bond acceptors (Lipinski definition) is 4. The van der Waals surface area contributed by atoms with Gasteiger partial charge in [0.1, 0.15) is 18.1 Å². The number of rotatable bonds is 5. The summed E-state index contributed by atoms with van der Waals surface area (Å²) in [6.07, 6.45) is 0.948. The van der Waals surface area contributed by atoms with Crippen LogP contribution in [-0.2, 0) is 9.59 Å². The minimum absolute atomic E-state index is 0.131. The number of nitrogens with zero attached hydrogens (tertiary/aromatic N) is 1. The third kappa shape index (κ3) is 2.93. The van der Waals surface area contributed by atoms with Crippen molar-refractivity contribution in [1.29, 1.82) is 0 Å². The molecule has 0 saturated heterocycles. The third-order valence-electron chi connectivity index (χ3n) is 4.59. The average molecular weight is 337 g/mol. The van der Waals surface area contributed by atoms with Gasteiger partial charge in [-0.25, -0.2) is 0 Å². The molecule has 0 N–H and O–H groups in total. The predicted octanol–water partition coefficient (Wildman–Crippen LogP) is 2.99. The van der Waals surface area contributed by atoms with Crippen LogP contribution in [-0.4, -0.2) is 31.1 Å². The fraction of sp³-hybridized carbons (Fsp3) is 0.250. The number of anilines is 1. The van der Waals surface area contributed by atoms with Gasteiger partial charge in [-0.15, -0.1) is 0 Å². The summed E-state index contributed by atoms with van der Waals surface area (Å²) >= 11 is 0. The van der Waals surface area contributed by atoms with E-state index in [1.165, 1.54) is 11.8 Å². The Balaban J connectivity index is 2.07. The standard InChI is InChI=1S/C20H19NO4/c1-13(23)21-18-6-4-3-5-17(18)20(24)19(21)16(11-12-22)14-7-9-15(25-2)10-8-14/h3-10,12,16,19H,11H2,1-2H3/t16-,19+/m0/s1. The normalized spacial score (nSPS) is 17.1. The Morgan fingerprint density at radius 1 is 1.20 bits per heavy atom. The molecule has 0 bridgehead atoms. The zero-order valence-corrected chi connectivity index (χ0v) is 14.1. The van der Waals surface area contributed by atoms with Crippen molar-refractivity contribution >= 4 is 23.7 Å². The fourth-order valence-electron chi connectivity index (χ4n) is 3.45. The minimum Gasteiger partial charge on any atom is -0.497 e. The van der Waals surface area contributed by atoms with Gasteiger partial charge in [-0.2, -0.15) is 0 Å². The molecule has 0 saturated carbocycles. The number of para-hydroxylation sites is 1. The first kappa shape index (κ1) is 16.9. The summed E-state index contributed by atoms with van der Waals surface area (Å²) in [6, 6.07) is 13.6. The van der Waals surface area contributed by atoms with Crippen molar-refractivity contribution in [3.63, 3.8) is 0 Å². The van der Waals surface area contributed by atoms with Gasteiger partial charge in [-0.1, -0.05) is 24.3 Å². The molecular formula is C20H19NO4. The van der Waals surface area contributed by atoms with Crippen LogP contribution in [0.3, 0.4) is 0 Å². The van der Waals surface area contributed by atoms with Crippen molar-refractivity contribution < 1.29 is 19.1 Å². The van der Waals surface area contributed by atoms with Crippen molar-refractivity contribution in [3.05, 3.63) is 59.7 Å². The van der Waals surface area contributed by atoms with Crippen molar-refractivity contribution in [1.82, 2.24) is 0 Å². The number of fused-ring (bicyclic) bond motifs is 1. The Hall–Kier alpha value is -2.95. The Morgan fingerprint density at radius 2 is 1.88 bits per heavy atom. The number of ether oxygens (including phenoxy) is 1. The number of aldehydes is 1. The summed E-state index contributed by atoms with van der Waals surface area (Å²) in [5, 5.41) is 0. The highest BCUT2D eigenvalue weighted by Crippen LogP contribution is 2.39. The smallest absolute Gasteiger partial charge is 0.224 e. The first-order valence-corrected chi connectivity index (χ1v) is 8.09. The number of carbonyl (C=O) groups excluding carboxylic acids is 3. The molecule has 128 valence electrons. The lowest BCUT2D eigenvalue weighted by Gasteiger charge is -2.29. The maximum Gasteiger partial charge on any atom is 0.224 e. The molecule has 0 fully saturated rings.